The first kappa shape index (κ1) is 32.8. The molecule has 0 amide bonds. The van der Waals surface area contributed by atoms with Crippen molar-refractivity contribution in [3.63, 3.8) is 0 Å². The van der Waals surface area contributed by atoms with Crippen LogP contribution in [0.15, 0.2) is 223 Å². The van der Waals surface area contributed by atoms with E-state index in [2.05, 4.69) is 228 Å². The van der Waals surface area contributed by atoms with Crippen molar-refractivity contribution in [2.24, 2.45) is 0 Å². The maximum atomic E-state index is 7.18. The number of hydrogen-bond acceptors (Lipinski definition) is 3. The molecule has 268 valence electrons. The van der Waals surface area contributed by atoms with Crippen molar-refractivity contribution >= 4 is 88.4 Å². The van der Waals surface area contributed by atoms with E-state index in [1.165, 1.54) is 32.5 Å². The Morgan fingerprint density at radius 3 is 1.51 bits per heavy atom. The zero-order valence-corrected chi connectivity index (χ0v) is 31.1. The van der Waals surface area contributed by atoms with E-state index in [-0.39, 0.29) is 0 Å². The van der Waals surface area contributed by atoms with Gasteiger partial charge in [0.15, 0.2) is 5.58 Å². The molecule has 10 aromatic carbocycles. The Hall–Kier alpha value is -7.62. The second-order valence-corrected chi connectivity index (χ2v) is 14.6. The minimum atomic E-state index is 0.818. The van der Waals surface area contributed by atoms with Gasteiger partial charge in [-0.15, -0.1) is 0 Å². The highest BCUT2D eigenvalue weighted by Crippen LogP contribution is 2.50. The van der Waals surface area contributed by atoms with Gasteiger partial charge in [-0.1, -0.05) is 152 Å². The van der Waals surface area contributed by atoms with Crippen molar-refractivity contribution in [1.82, 2.24) is 0 Å². The molecule has 0 saturated carbocycles. The second kappa shape index (κ2) is 13.6. The van der Waals surface area contributed by atoms with Gasteiger partial charge >= 0.3 is 0 Å². The van der Waals surface area contributed by atoms with Gasteiger partial charge in [-0.05, 0) is 110 Å². The van der Waals surface area contributed by atoms with Crippen LogP contribution in [0.1, 0.15) is 0 Å². The molecule has 0 bridgehead atoms. The normalized spacial score (nSPS) is 11.5. The summed E-state index contributed by atoms with van der Waals surface area (Å²) in [4.78, 5) is 4.74. The highest BCUT2D eigenvalue weighted by atomic mass is 16.3. The molecule has 11 aromatic rings. The molecule has 3 heteroatoms. The van der Waals surface area contributed by atoms with E-state index in [0.29, 0.717) is 0 Å². The quantitative estimate of drug-likeness (QED) is 0.163. The van der Waals surface area contributed by atoms with E-state index in [0.717, 1.165) is 67.0 Å². The number of nitrogens with zero attached hydrogens (tertiary/aromatic N) is 2. The summed E-state index contributed by atoms with van der Waals surface area (Å²) in [6, 6.07) is 78.1. The lowest BCUT2D eigenvalue weighted by atomic mass is 10.00. The third kappa shape index (κ3) is 5.68. The van der Waals surface area contributed by atoms with Gasteiger partial charge in [0.1, 0.15) is 5.58 Å². The largest absolute Gasteiger partial charge is 0.454 e. The molecule has 11 rings (SSSR count). The number of hydrogen-bond donors (Lipinski definition) is 0. The van der Waals surface area contributed by atoms with Crippen LogP contribution in [0.5, 0.6) is 0 Å². The summed E-state index contributed by atoms with van der Waals surface area (Å²) < 4.78 is 7.18. The molecule has 0 atom stereocenters. The molecule has 3 nitrogen and oxygen atoms in total. The monoisotopic (exact) mass is 728 g/mol. The van der Waals surface area contributed by atoms with Gasteiger partial charge in [-0.25, -0.2) is 0 Å². The molecule has 0 spiro atoms. The molecule has 0 saturated heterocycles. The first-order valence-electron chi connectivity index (χ1n) is 19.4. The van der Waals surface area contributed by atoms with Crippen molar-refractivity contribution in [2.75, 3.05) is 9.80 Å². The lowest BCUT2D eigenvalue weighted by Gasteiger charge is -2.29. The van der Waals surface area contributed by atoms with Crippen LogP contribution in [0.3, 0.4) is 0 Å². The summed E-state index contributed by atoms with van der Waals surface area (Å²) in [6.45, 7) is 0. The van der Waals surface area contributed by atoms with Crippen molar-refractivity contribution in [3.05, 3.63) is 218 Å². The van der Waals surface area contributed by atoms with Crippen LogP contribution in [0.4, 0.5) is 34.1 Å². The minimum absolute atomic E-state index is 0.818. The van der Waals surface area contributed by atoms with E-state index in [9.17, 15) is 0 Å². The number of rotatable bonds is 7. The van der Waals surface area contributed by atoms with E-state index in [4.69, 9.17) is 4.42 Å². The third-order valence-electron chi connectivity index (χ3n) is 11.2. The van der Waals surface area contributed by atoms with Crippen molar-refractivity contribution in [1.29, 1.82) is 0 Å². The van der Waals surface area contributed by atoms with E-state index < -0.39 is 0 Å². The Kier molecular flexibility index (Phi) is 7.82. The number of para-hydroxylation sites is 1. The Morgan fingerprint density at radius 1 is 0.298 bits per heavy atom. The zero-order valence-electron chi connectivity index (χ0n) is 31.1. The van der Waals surface area contributed by atoms with Gasteiger partial charge in [0, 0.05) is 28.1 Å². The van der Waals surface area contributed by atoms with Crippen molar-refractivity contribution < 1.29 is 4.42 Å². The van der Waals surface area contributed by atoms with E-state index in [1.54, 1.807) is 0 Å². The van der Waals surface area contributed by atoms with Gasteiger partial charge in [0.05, 0.1) is 16.8 Å². The highest BCUT2D eigenvalue weighted by molar-refractivity contribution is 6.25. The summed E-state index contributed by atoms with van der Waals surface area (Å²) in [5.41, 5.74) is 10.2. The third-order valence-corrected chi connectivity index (χ3v) is 11.2. The fraction of sp³-hybridized carbons (Fsp3) is 0. The maximum Gasteiger partial charge on any atom is 0.161 e. The average molecular weight is 729 g/mol. The molecule has 57 heavy (non-hydrogen) atoms. The first-order valence-corrected chi connectivity index (χ1v) is 19.4. The van der Waals surface area contributed by atoms with Crippen LogP contribution in [0.25, 0.3) is 65.4 Å². The summed E-state index contributed by atoms with van der Waals surface area (Å²) in [6.07, 6.45) is 0. The SMILES string of the molecule is c1ccc(-c2cccc(N(c3ccc4ccccc4c3)c3ccc(N(c4ccccc4)c4ccc5ccccc5c4)c4c3oc3ccc5ccccc5c34)c2)cc1. The van der Waals surface area contributed by atoms with Crippen molar-refractivity contribution in [3.8, 4) is 11.1 Å². The summed E-state index contributed by atoms with van der Waals surface area (Å²) in [5.74, 6) is 0. The topological polar surface area (TPSA) is 19.6 Å². The molecule has 0 aliphatic carbocycles. The average Bonchev–Trinajstić information content (AvgIpc) is 3.69. The molecule has 1 heterocycles. The number of fused-ring (bicyclic) bond motifs is 7. The summed E-state index contributed by atoms with van der Waals surface area (Å²) >= 11 is 0. The Morgan fingerprint density at radius 2 is 0.807 bits per heavy atom. The summed E-state index contributed by atoms with van der Waals surface area (Å²) in [5, 5.41) is 9.24. The molecule has 0 N–H and O–H groups in total. The molecule has 0 fully saturated rings. The standard InChI is InChI=1S/C54H36N2O/c1-3-14-37(15-4-1)43-21-13-24-45(34-43)56(47-30-27-39-17-8-10-20-42(39)36-47)50-32-31-49(53-52-48-25-12-11-18-40(48)28-33-51(52)57-54(50)53)55(44-22-5-2-6-23-44)46-29-26-38-16-7-9-19-41(38)35-46/h1-36H. The Labute approximate surface area is 330 Å². The predicted octanol–water partition coefficient (Wildman–Crippen LogP) is 15.7. The van der Waals surface area contributed by atoms with E-state index in [1.807, 2.05) is 0 Å². The van der Waals surface area contributed by atoms with Crippen molar-refractivity contribution in [2.45, 2.75) is 0 Å². The van der Waals surface area contributed by atoms with Gasteiger partial charge in [-0.3, -0.25) is 0 Å². The maximum absolute atomic E-state index is 7.18. The minimum Gasteiger partial charge on any atom is -0.454 e. The summed E-state index contributed by atoms with van der Waals surface area (Å²) in [7, 11) is 0. The Balaban J connectivity index is 1.23. The van der Waals surface area contributed by atoms with Crippen LogP contribution in [-0.2, 0) is 0 Å². The molecule has 1 aromatic heterocycles. The molecule has 0 unspecified atom stereocenters. The van der Waals surface area contributed by atoms with Crippen LogP contribution >= 0.6 is 0 Å². The highest BCUT2D eigenvalue weighted by Gasteiger charge is 2.26. The zero-order chi connectivity index (χ0) is 37.7. The van der Waals surface area contributed by atoms with Gasteiger partial charge in [0.25, 0.3) is 0 Å². The fourth-order valence-corrected chi connectivity index (χ4v) is 8.49. The van der Waals surface area contributed by atoms with Gasteiger partial charge in [0.2, 0.25) is 0 Å². The predicted molar refractivity (Wildman–Crippen MR) is 241 cm³/mol. The first-order chi connectivity index (χ1) is 28.3. The van der Waals surface area contributed by atoms with E-state index >= 15 is 0 Å². The van der Waals surface area contributed by atoms with Crippen LogP contribution in [-0.4, -0.2) is 0 Å². The smallest absolute Gasteiger partial charge is 0.161 e. The molecule has 0 aliphatic rings. The van der Waals surface area contributed by atoms with Crippen LogP contribution < -0.4 is 9.80 Å². The van der Waals surface area contributed by atoms with Crippen LogP contribution in [0, 0.1) is 0 Å². The molecule has 0 aliphatic heterocycles. The van der Waals surface area contributed by atoms with Crippen LogP contribution in [0.2, 0.25) is 0 Å². The molecule has 0 radical (unpaired) electrons. The number of anilines is 6. The lowest BCUT2D eigenvalue weighted by molar-refractivity contribution is 0.669. The fourth-order valence-electron chi connectivity index (χ4n) is 8.49. The van der Waals surface area contributed by atoms with Gasteiger partial charge in [-0.2, -0.15) is 0 Å². The van der Waals surface area contributed by atoms with Gasteiger partial charge < -0.3 is 14.2 Å². The number of furan rings is 1. The lowest BCUT2D eigenvalue weighted by Crippen LogP contribution is -2.13. The number of benzene rings is 10. The Bertz CT molecular complexity index is 3260. The molecular weight excluding hydrogens is 693 g/mol. The second-order valence-electron chi connectivity index (χ2n) is 14.6. The molecular formula is C54H36N2O.